The molecule has 0 aromatic rings. The molecule has 90 valence electrons. The van der Waals surface area contributed by atoms with Gasteiger partial charge >= 0.3 is 5.97 Å². The predicted molar refractivity (Wildman–Crippen MR) is 55.6 cm³/mol. The van der Waals surface area contributed by atoms with Crippen molar-refractivity contribution in [2.75, 3.05) is 26.8 Å². The van der Waals surface area contributed by atoms with Gasteiger partial charge in [0.15, 0.2) is 0 Å². The second-order valence-corrected chi connectivity index (χ2v) is 3.82. The van der Waals surface area contributed by atoms with Crippen LogP contribution < -0.4 is 11.1 Å². The maximum atomic E-state index is 10.4. The van der Waals surface area contributed by atoms with Gasteiger partial charge in [0.25, 0.3) is 0 Å². The molecule has 0 saturated carbocycles. The molecule has 0 spiro atoms. The van der Waals surface area contributed by atoms with Gasteiger partial charge < -0.3 is 26.0 Å². The summed E-state index contributed by atoms with van der Waals surface area (Å²) in [5.41, 5.74) is 4.37. The molecule has 6 nitrogen and oxygen atoms in total. The maximum absolute atomic E-state index is 10.4. The molecule has 0 aliphatic carbocycles. The molecular formula is C9H20N2O4. The van der Waals surface area contributed by atoms with Crippen LogP contribution >= 0.6 is 0 Å². The van der Waals surface area contributed by atoms with Crippen LogP contribution in [0.4, 0.5) is 0 Å². The van der Waals surface area contributed by atoms with Gasteiger partial charge in [-0.2, -0.15) is 0 Å². The van der Waals surface area contributed by atoms with Crippen LogP contribution in [0.2, 0.25) is 0 Å². The van der Waals surface area contributed by atoms with Crippen LogP contribution in [0.15, 0.2) is 0 Å². The number of hydrogen-bond acceptors (Lipinski definition) is 5. The number of nitrogens with two attached hydrogens (primary N) is 1. The fourth-order valence-corrected chi connectivity index (χ4v) is 0.995. The van der Waals surface area contributed by atoms with E-state index in [1.165, 1.54) is 0 Å². The van der Waals surface area contributed by atoms with Gasteiger partial charge in [-0.1, -0.05) is 0 Å². The van der Waals surface area contributed by atoms with E-state index in [-0.39, 0.29) is 13.1 Å². The first kappa shape index (κ1) is 14.3. The SMILES string of the molecule is COCCC(C)(O)CNCC(N)C(=O)O. The monoisotopic (exact) mass is 220 g/mol. The highest BCUT2D eigenvalue weighted by Gasteiger charge is 2.20. The molecule has 0 heterocycles. The maximum Gasteiger partial charge on any atom is 0.321 e. The van der Waals surface area contributed by atoms with Gasteiger partial charge in [0.05, 0.1) is 5.60 Å². The Morgan fingerprint density at radius 1 is 1.67 bits per heavy atom. The molecule has 0 aromatic heterocycles. The van der Waals surface area contributed by atoms with Crippen molar-refractivity contribution in [1.29, 1.82) is 0 Å². The number of nitrogens with one attached hydrogen (secondary N) is 1. The van der Waals surface area contributed by atoms with Crippen molar-refractivity contribution in [2.45, 2.75) is 25.0 Å². The molecule has 0 bridgehead atoms. The third-order valence-corrected chi connectivity index (χ3v) is 2.03. The first-order chi connectivity index (χ1) is 6.89. The van der Waals surface area contributed by atoms with Crippen molar-refractivity contribution in [3.05, 3.63) is 0 Å². The summed E-state index contributed by atoms with van der Waals surface area (Å²) in [5, 5.41) is 21.1. The minimum absolute atomic E-state index is 0.137. The van der Waals surface area contributed by atoms with Crippen molar-refractivity contribution >= 4 is 5.97 Å². The zero-order valence-electron chi connectivity index (χ0n) is 9.19. The number of hydrogen-bond donors (Lipinski definition) is 4. The molecule has 6 heteroatoms. The van der Waals surface area contributed by atoms with E-state index in [0.29, 0.717) is 13.0 Å². The molecule has 0 aliphatic rings. The van der Waals surface area contributed by atoms with Gasteiger partial charge in [0.1, 0.15) is 6.04 Å². The average molecular weight is 220 g/mol. The molecule has 0 aliphatic heterocycles. The molecule has 2 unspecified atom stereocenters. The molecule has 5 N–H and O–H groups in total. The Morgan fingerprint density at radius 3 is 2.73 bits per heavy atom. The van der Waals surface area contributed by atoms with Crippen LogP contribution in [0.5, 0.6) is 0 Å². The molecule has 0 rings (SSSR count). The van der Waals surface area contributed by atoms with Crippen LogP contribution in [-0.2, 0) is 9.53 Å². The molecule has 0 amide bonds. The minimum Gasteiger partial charge on any atom is -0.480 e. The molecule has 0 radical (unpaired) electrons. The lowest BCUT2D eigenvalue weighted by Crippen LogP contribution is -2.46. The molecule has 15 heavy (non-hydrogen) atoms. The Labute approximate surface area is 89.4 Å². The van der Waals surface area contributed by atoms with Gasteiger partial charge in [0.2, 0.25) is 0 Å². The number of carboxylic acid groups (broad SMARTS) is 1. The summed E-state index contributed by atoms with van der Waals surface area (Å²) in [6, 6.07) is -0.941. The van der Waals surface area contributed by atoms with Crippen LogP contribution in [-0.4, -0.2) is 54.6 Å². The number of carboxylic acids is 1. The highest BCUT2D eigenvalue weighted by atomic mass is 16.5. The summed E-state index contributed by atoms with van der Waals surface area (Å²) in [6.07, 6.45) is 0.485. The minimum atomic E-state index is -1.06. The zero-order chi connectivity index (χ0) is 11.9. The van der Waals surface area contributed by atoms with E-state index in [0.717, 1.165) is 0 Å². The van der Waals surface area contributed by atoms with E-state index in [9.17, 15) is 9.90 Å². The van der Waals surface area contributed by atoms with Crippen molar-refractivity contribution in [3.63, 3.8) is 0 Å². The molecule has 0 saturated heterocycles. The smallest absolute Gasteiger partial charge is 0.321 e. The van der Waals surface area contributed by atoms with Crippen molar-refractivity contribution in [3.8, 4) is 0 Å². The lowest BCUT2D eigenvalue weighted by Gasteiger charge is -2.23. The average Bonchev–Trinajstić information content (AvgIpc) is 2.14. The summed E-state index contributed by atoms with van der Waals surface area (Å²) < 4.78 is 4.84. The lowest BCUT2D eigenvalue weighted by molar-refractivity contribution is -0.138. The third-order valence-electron chi connectivity index (χ3n) is 2.03. The first-order valence-electron chi connectivity index (χ1n) is 4.79. The molecule has 0 aromatic carbocycles. The number of aliphatic hydroxyl groups is 1. The summed E-state index contributed by atoms with van der Waals surface area (Å²) in [4.78, 5) is 10.4. The van der Waals surface area contributed by atoms with Gasteiger partial charge in [-0.25, -0.2) is 0 Å². The summed E-state index contributed by atoms with van der Waals surface area (Å²) in [5.74, 6) is -1.06. The van der Waals surface area contributed by atoms with Gasteiger partial charge in [-0.3, -0.25) is 4.79 Å². The Kier molecular flexibility index (Phi) is 6.42. The highest BCUT2D eigenvalue weighted by molar-refractivity contribution is 5.73. The van der Waals surface area contributed by atoms with Crippen LogP contribution in [0, 0.1) is 0 Å². The number of carbonyl (C=O) groups is 1. The fourth-order valence-electron chi connectivity index (χ4n) is 0.995. The van der Waals surface area contributed by atoms with E-state index in [1.807, 2.05) is 0 Å². The number of methoxy groups -OCH3 is 1. The Morgan fingerprint density at radius 2 is 2.27 bits per heavy atom. The number of ether oxygens (including phenoxy) is 1. The van der Waals surface area contributed by atoms with Crippen molar-refractivity contribution < 1.29 is 19.7 Å². The third kappa shape index (κ3) is 7.26. The second kappa shape index (κ2) is 6.73. The molecule has 2 atom stereocenters. The second-order valence-electron chi connectivity index (χ2n) is 3.82. The lowest BCUT2D eigenvalue weighted by atomic mass is 10.0. The van der Waals surface area contributed by atoms with Crippen LogP contribution in [0.25, 0.3) is 0 Å². The van der Waals surface area contributed by atoms with Gasteiger partial charge in [-0.15, -0.1) is 0 Å². The highest BCUT2D eigenvalue weighted by Crippen LogP contribution is 2.07. The van der Waals surface area contributed by atoms with E-state index in [4.69, 9.17) is 15.6 Å². The standard InChI is InChI=1S/C9H20N2O4/c1-9(14,3-4-15-2)6-11-5-7(10)8(12)13/h7,11,14H,3-6,10H2,1-2H3,(H,12,13). The first-order valence-corrected chi connectivity index (χ1v) is 4.79. The summed E-state index contributed by atoms with van der Waals surface area (Å²) in [7, 11) is 1.56. The normalized spacial score (nSPS) is 17.1. The summed E-state index contributed by atoms with van der Waals surface area (Å²) >= 11 is 0. The van der Waals surface area contributed by atoms with E-state index in [2.05, 4.69) is 5.32 Å². The number of rotatable bonds is 8. The Bertz CT molecular complexity index is 197. The molecular weight excluding hydrogens is 200 g/mol. The fraction of sp³-hybridized carbons (Fsp3) is 0.889. The van der Waals surface area contributed by atoms with Crippen molar-refractivity contribution in [1.82, 2.24) is 5.32 Å². The predicted octanol–water partition coefficient (Wildman–Crippen LogP) is -1.22. The van der Waals surface area contributed by atoms with Crippen LogP contribution in [0.1, 0.15) is 13.3 Å². The van der Waals surface area contributed by atoms with Crippen molar-refractivity contribution in [2.24, 2.45) is 5.73 Å². The zero-order valence-corrected chi connectivity index (χ0v) is 9.19. The molecule has 0 fully saturated rings. The Hall–Kier alpha value is -0.690. The van der Waals surface area contributed by atoms with E-state index < -0.39 is 17.6 Å². The van der Waals surface area contributed by atoms with E-state index >= 15 is 0 Å². The van der Waals surface area contributed by atoms with Gasteiger partial charge in [0, 0.05) is 33.2 Å². The van der Waals surface area contributed by atoms with E-state index in [1.54, 1.807) is 14.0 Å². The Balaban J connectivity index is 3.69. The topological polar surface area (TPSA) is 105 Å². The van der Waals surface area contributed by atoms with Crippen LogP contribution in [0.3, 0.4) is 0 Å². The quantitative estimate of drug-likeness (QED) is 0.408. The number of aliphatic carboxylic acids is 1. The summed E-state index contributed by atoms with van der Waals surface area (Å²) in [6.45, 7) is 2.54. The largest absolute Gasteiger partial charge is 0.480 e. The van der Waals surface area contributed by atoms with Gasteiger partial charge in [-0.05, 0) is 6.92 Å².